The number of nitrogens with one attached hydrogen (secondary N) is 2. The Kier molecular flexibility index (Phi) is 4.55. The van der Waals surface area contributed by atoms with Crippen molar-refractivity contribution in [2.24, 2.45) is 0 Å². The van der Waals surface area contributed by atoms with Crippen LogP contribution in [0.3, 0.4) is 0 Å². The van der Waals surface area contributed by atoms with Gasteiger partial charge in [-0.25, -0.2) is 0 Å². The third-order valence-electron chi connectivity index (χ3n) is 4.18. The number of rotatable bonds is 6. The van der Waals surface area contributed by atoms with Crippen LogP contribution < -0.4 is 5.32 Å². The quantitative estimate of drug-likeness (QED) is 0.860. The Morgan fingerprint density at radius 1 is 1.23 bits per heavy atom. The van der Waals surface area contributed by atoms with E-state index in [0.29, 0.717) is 0 Å². The molecule has 2 N–H and O–H groups in total. The number of likely N-dealkylation sites (tertiary alicyclic amines) is 1. The van der Waals surface area contributed by atoms with Gasteiger partial charge in [0.15, 0.2) is 0 Å². The molecule has 0 spiro atoms. The average molecular weight is 299 g/mol. The van der Waals surface area contributed by atoms with E-state index in [2.05, 4.69) is 45.3 Å². The number of aromatic nitrogens is 3. The van der Waals surface area contributed by atoms with E-state index in [4.69, 9.17) is 0 Å². The Hall–Kier alpha value is -1.72. The van der Waals surface area contributed by atoms with Crippen LogP contribution in [0.1, 0.15) is 32.4 Å². The maximum absolute atomic E-state index is 4.39. The van der Waals surface area contributed by atoms with Gasteiger partial charge in [0.25, 0.3) is 0 Å². The van der Waals surface area contributed by atoms with E-state index in [-0.39, 0.29) is 5.54 Å². The molecule has 0 bridgehead atoms. The predicted molar refractivity (Wildman–Crippen MR) is 88.4 cm³/mol. The lowest BCUT2D eigenvalue weighted by Gasteiger charge is -2.31. The molecule has 1 fully saturated rings. The summed E-state index contributed by atoms with van der Waals surface area (Å²) >= 11 is 0. The van der Waals surface area contributed by atoms with Crippen LogP contribution in [0.2, 0.25) is 0 Å². The zero-order chi connectivity index (χ0) is 15.4. The number of hydrogen-bond donors (Lipinski definition) is 2. The van der Waals surface area contributed by atoms with Gasteiger partial charge < -0.3 is 10.2 Å². The van der Waals surface area contributed by atoms with Crippen LogP contribution in [0.15, 0.2) is 30.6 Å². The molecule has 0 saturated carbocycles. The van der Waals surface area contributed by atoms with E-state index in [0.717, 1.165) is 30.0 Å². The van der Waals surface area contributed by atoms with Crippen molar-refractivity contribution in [3.8, 4) is 11.3 Å². The molecule has 0 radical (unpaired) electrons. The molecule has 1 aliphatic rings. The molecule has 0 amide bonds. The van der Waals surface area contributed by atoms with E-state index in [1.165, 1.54) is 25.9 Å². The molecule has 3 rings (SSSR count). The summed E-state index contributed by atoms with van der Waals surface area (Å²) in [6.07, 6.45) is 6.26. The Morgan fingerprint density at radius 3 is 2.68 bits per heavy atom. The van der Waals surface area contributed by atoms with E-state index < -0.39 is 0 Å². The molecule has 5 heteroatoms. The largest absolute Gasteiger partial charge is 0.305 e. The third-order valence-corrected chi connectivity index (χ3v) is 4.18. The van der Waals surface area contributed by atoms with E-state index in [1.54, 1.807) is 12.4 Å². The van der Waals surface area contributed by atoms with E-state index >= 15 is 0 Å². The first-order valence-corrected chi connectivity index (χ1v) is 8.04. The Balaban J connectivity index is 1.56. The van der Waals surface area contributed by atoms with Crippen LogP contribution in [-0.2, 0) is 6.54 Å². The normalized spacial score (nSPS) is 16.3. The summed E-state index contributed by atoms with van der Waals surface area (Å²) in [7, 11) is 0. The summed E-state index contributed by atoms with van der Waals surface area (Å²) in [6, 6.07) is 6.06. The van der Waals surface area contributed by atoms with Gasteiger partial charge >= 0.3 is 0 Å². The highest BCUT2D eigenvalue weighted by Gasteiger charge is 2.23. The fourth-order valence-corrected chi connectivity index (χ4v) is 3.01. The second-order valence-electron chi connectivity index (χ2n) is 6.74. The summed E-state index contributed by atoms with van der Waals surface area (Å²) in [5.41, 5.74) is 3.28. The Labute approximate surface area is 132 Å². The number of pyridine rings is 1. The van der Waals surface area contributed by atoms with Gasteiger partial charge in [0, 0.05) is 42.3 Å². The van der Waals surface area contributed by atoms with Crippen molar-refractivity contribution >= 4 is 0 Å². The summed E-state index contributed by atoms with van der Waals surface area (Å²) in [5.74, 6) is 0. The monoisotopic (exact) mass is 299 g/mol. The molecule has 2 aromatic heterocycles. The number of H-pyrrole nitrogens is 1. The lowest BCUT2D eigenvalue weighted by Crippen LogP contribution is -2.48. The van der Waals surface area contributed by atoms with E-state index in [9.17, 15) is 0 Å². The minimum absolute atomic E-state index is 0.103. The summed E-state index contributed by atoms with van der Waals surface area (Å²) < 4.78 is 0. The van der Waals surface area contributed by atoms with Gasteiger partial charge in [0.1, 0.15) is 0 Å². The highest BCUT2D eigenvalue weighted by atomic mass is 15.2. The zero-order valence-electron chi connectivity index (χ0n) is 13.5. The molecule has 0 aromatic carbocycles. The molecule has 1 saturated heterocycles. The molecule has 0 atom stereocenters. The van der Waals surface area contributed by atoms with E-state index in [1.807, 2.05) is 12.1 Å². The standard InChI is InChI=1S/C17H25N5/c1-17(2,13-22-9-3-4-10-22)19-12-15-11-16(21-20-15)14-5-7-18-8-6-14/h5-8,11,19H,3-4,9-10,12-13H2,1-2H3,(H,20,21). The topological polar surface area (TPSA) is 56.8 Å². The van der Waals surface area contributed by atoms with Crippen molar-refractivity contribution in [3.05, 3.63) is 36.3 Å². The molecule has 1 aliphatic heterocycles. The van der Waals surface area contributed by atoms with Crippen LogP contribution >= 0.6 is 0 Å². The smallest absolute Gasteiger partial charge is 0.0925 e. The molecule has 0 unspecified atom stereocenters. The molecular formula is C17H25N5. The summed E-state index contributed by atoms with van der Waals surface area (Å²) in [5, 5.41) is 11.2. The predicted octanol–water partition coefficient (Wildman–Crippen LogP) is 2.44. The number of hydrogen-bond acceptors (Lipinski definition) is 4. The van der Waals surface area contributed by atoms with Crippen LogP contribution in [0.25, 0.3) is 11.3 Å². The van der Waals surface area contributed by atoms with Crippen molar-refractivity contribution in [1.29, 1.82) is 0 Å². The molecule has 118 valence electrons. The van der Waals surface area contributed by atoms with Gasteiger partial charge in [-0.2, -0.15) is 5.10 Å². The summed E-state index contributed by atoms with van der Waals surface area (Å²) in [4.78, 5) is 6.58. The molecule has 5 nitrogen and oxygen atoms in total. The molecule has 22 heavy (non-hydrogen) atoms. The Bertz CT molecular complexity index is 584. The van der Waals surface area contributed by atoms with Gasteiger partial charge in [0.2, 0.25) is 0 Å². The average Bonchev–Trinajstić information content (AvgIpc) is 3.17. The minimum atomic E-state index is 0.103. The minimum Gasteiger partial charge on any atom is -0.305 e. The second kappa shape index (κ2) is 6.58. The third kappa shape index (κ3) is 3.93. The molecular weight excluding hydrogens is 274 g/mol. The highest BCUT2D eigenvalue weighted by molar-refractivity contribution is 5.58. The van der Waals surface area contributed by atoms with Crippen molar-refractivity contribution in [2.45, 2.75) is 38.8 Å². The maximum Gasteiger partial charge on any atom is 0.0925 e. The zero-order valence-corrected chi connectivity index (χ0v) is 13.5. The number of aromatic amines is 1. The second-order valence-corrected chi connectivity index (χ2v) is 6.74. The molecule has 2 aromatic rings. The first-order valence-electron chi connectivity index (χ1n) is 8.04. The highest BCUT2D eigenvalue weighted by Crippen LogP contribution is 2.17. The van der Waals surface area contributed by atoms with Crippen molar-refractivity contribution in [2.75, 3.05) is 19.6 Å². The maximum atomic E-state index is 4.39. The van der Waals surface area contributed by atoms with Crippen LogP contribution in [0.5, 0.6) is 0 Å². The van der Waals surface area contributed by atoms with Gasteiger partial charge in [-0.15, -0.1) is 0 Å². The first kappa shape index (κ1) is 15.2. The van der Waals surface area contributed by atoms with Crippen molar-refractivity contribution < 1.29 is 0 Å². The van der Waals surface area contributed by atoms with Crippen LogP contribution in [0.4, 0.5) is 0 Å². The number of nitrogens with zero attached hydrogens (tertiary/aromatic N) is 3. The van der Waals surface area contributed by atoms with Gasteiger partial charge in [-0.1, -0.05) is 0 Å². The van der Waals surface area contributed by atoms with Crippen molar-refractivity contribution in [1.82, 2.24) is 25.4 Å². The SMILES string of the molecule is CC(C)(CN1CCCC1)NCc1cc(-c2ccncc2)n[nH]1. The summed E-state index contributed by atoms with van der Waals surface area (Å²) in [6.45, 7) is 8.91. The van der Waals surface area contributed by atoms with Crippen molar-refractivity contribution in [3.63, 3.8) is 0 Å². The fraction of sp³-hybridized carbons (Fsp3) is 0.529. The Morgan fingerprint density at radius 2 is 1.95 bits per heavy atom. The fourth-order valence-electron chi connectivity index (χ4n) is 3.01. The van der Waals surface area contributed by atoms with Gasteiger partial charge in [0.05, 0.1) is 5.69 Å². The van der Waals surface area contributed by atoms with Gasteiger partial charge in [-0.05, 0) is 58.0 Å². The van der Waals surface area contributed by atoms with Crippen LogP contribution in [0, 0.1) is 0 Å². The first-order chi connectivity index (χ1) is 10.6. The lowest BCUT2D eigenvalue weighted by atomic mass is 10.0. The lowest BCUT2D eigenvalue weighted by molar-refractivity contribution is 0.233. The van der Waals surface area contributed by atoms with Gasteiger partial charge in [-0.3, -0.25) is 10.1 Å². The van der Waals surface area contributed by atoms with Crippen LogP contribution in [-0.4, -0.2) is 45.3 Å². The molecule has 0 aliphatic carbocycles. The molecule has 3 heterocycles.